The van der Waals surface area contributed by atoms with Crippen LogP contribution >= 0.6 is 0 Å². The molecule has 0 unspecified atom stereocenters. The van der Waals surface area contributed by atoms with Gasteiger partial charge >= 0.3 is 0 Å². The fourth-order valence-corrected chi connectivity index (χ4v) is 17.1. The van der Waals surface area contributed by atoms with Crippen molar-refractivity contribution in [3.63, 3.8) is 0 Å². The largest absolute Gasteiger partial charge is 0.458 e. The quantitative estimate of drug-likeness (QED) is 0.137. The van der Waals surface area contributed by atoms with E-state index in [1.807, 2.05) is 66.7 Å². The molecule has 0 saturated heterocycles. The second-order valence-corrected chi connectivity index (χ2v) is 22.4. The van der Waals surface area contributed by atoms with E-state index in [2.05, 4.69) is 0 Å². The van der Waals surface area contributed by atoms with Crippen LogP contribution < -0.4 is 51.0 Å². The molecular formula is C48H44O2Si3. The van der Waals surface area contributed by atoms with E-state index in [0.29, 0.717) is 10.4 Å². The standard InChI is InChI=1S/C48H44O2Si3/c1-33-27-29-42-40(31-33)50-48-44(52(42,5)6)30-28-34(2)46(48)35-17-15-22-38(32-35)53(36-18-9-7-10-19-36,37-20-11-8-12-21-37)45-26-16-25-43-47(45)49-39-23-13-14-24-41(39)51(43,3)4/h7-32H,1-6H3/i1D3,2D3,3D3,4D3,5D3,6D3. The molecule has 0 aliphatic carbocycles. The van der Waals surface area contributed by atoms with Gasteiger partial charge in [0.2, 0.25) is 0 Å². The summed E-state index contributed by atoms with van der Waals surface area (Å²) >= 11 is 0. The maximum Gasteiger partial charge on any atom is 0.183 e. The van der Waals surface area contributed by atoms with Crippen molar-refractivity contribution in [1.82, 2.24) is 0 Å². The molecule has 7 aromatic rings. The van der Waals surface area contributed by atoms with Crippen molar-refractivity contribution in [2.24, 2.45) is 0 Å². The zero-order valence-corrected chi connectivity index (χ0v) is 31.3. The van der Waals surface area contributed by atoms with E-state index in [9.17, 15) is 0 Å². The molecule has 53 heavy (non-hydrogen) atoms. The molecule has 0 aromatic heterocycles. The second kappa shape index (κ2) is 12.4. The topological polar surface area (TPSA) is 18.5 Å². The molecule has 0 saturated carbocycles. The SMILES string of the molecule is [2H]C([2H])([2H])c1ccc2c(c1)Oc1c(ccc(C([2H])([2H])[2H])c1-c1cccc([Si](c3ccccc3)(c3ccccc3)c3cccc4c3Oc3ccccc3[Si]4(C([2H])([2H])[2H])C([2H])([2H])[2H])c1)[Si]2(C([2H])([2H])[2H])C([2H])([2H])[2H]. The lowest BCUT2D eigenvalue weighted by atomic mass is 9.99. The Morgan fingerprint density at radius 1 is 0.472 bits per heavy atom. The molecule has 2 nitrogen and oxygen atoms in total. The zero-order valence-electron chi connectivity index (χ0n) is 46.3. The predicted octanol–water partition coefficient (Wildman–Crippen LogP) is 7.20. The summed E-state index contributed by atoms with van der Waals surface area (Å²) in [6, 6.07) is 42.7. The fraction of sp³-hybridized carbons (Fsp3) is 0.125. The third kappa shape index (κ3) is 5.09. The Kier molecular flexibility index (Phi) is 4.51. The average molecular weight is 755 g/mol. The third-order valence-electron chi connectivity index (χ3n) is 10.5. The summed E-state index contributed by atoms with van der Waals surface area (Å²) in [4.78, 5) is 0. The van der Waals surface area contributed by atoms with Crippen LogP contribution in [0.2, 0.25) is 25.9 Å². The Bertz CT molecular complexity index is 3130. The maximum atomic E-state index is 9.11. The smallest absolute Gasteiger partial charge is 0.183 e. The van der Waals surface area contributed by atoms with E-state index in [0.717, 1.165) is 16.4 Å². The van der Waals surface area contributed by atoms with Gasteiger partial charge in [0.25, 0.3) is 0 Å². The van der Waals surface area contributed by atoms with Gasteiger partial charge in [-0.25, -0.2) is 0 Å². The molecule has 5 heteroatoms. The molecule has 0 atom stereocenters. The molecule has 0 bridgehead atoms. The fourth-order valence-electron chi connectivity index (χ4n) is 8.05. The number of ether oxygens (including phenoxy) is 2. The van der Waals surface area contributed by atoms with E-state index in [1.54, 1.807) is 48.5 Å². The van der Waals surface area contributed by atoms with Crippen molar-refractivity contribution in [1.29, 1.82) is 0 Å². The predicted molar refractivity (Wildman–Crippen MR) is 231 cm³/mol. The Morgan fingerprint density at radius 2 is 1.08 bits per heavy atom. The zero-order chi connectivity index (χ0) is 51.5. The lowest BCUT2D eigenvalue weighted by Gasteiger charge is -2.40. The highest BCUT2D eigenvalue weighted by Crippen LogP contribution is 2.39. The Morgan fingerprint density at radius 3 is 1.79 bits per heavy atom. The van der Waals surface area contributed by atoms with Crippen molar-refractivity contribution in [2.45, 2.75) is 39.6 Å². The molecule has 2 aliphatic rings. The lowest BCUT2D eigenvalue weighted by Crippen LogP contribution is -2.75. The maximum absolute atomic E-state index is 9.11. The molecule has 0 amide bonds. The highest BCUT2D eigenvalue weighted by atomic mass is 28.3. The number of fused-ring (bicyclic) bond motifs is 4. The summed E-state index contributed by atoms with van der Waals surface area (Å²) in [5.41, 5.74) is -0.526. The monoisotopic (exact) mass is 754 g/mol. The summed E-state index contributed by atoms with van der Waals surface area (Å²) in [5.74, 6) is -0.504. The molecular weight excluding hydrogens is 693 g/mol. The van der Waals surface area contributed by atoms with Gasteiger partial charge in [0, 0.05) is 30.2 Å². The minimum atomic E-state index is -5.14. The Hall–Kier alpha value is -5.21. The van der Waals surface area contributed by atoms with Crippen LogP contribution in [-0.4, -0.2) is 24.2 Å². The highest BCUT2D eigenvalue weighted by Gasteiger charge is 2.47. The third-order valence-corrected chi connectivity index (χ3v) is 20.1. The summed E-state index contributed by atoms with van der Waals surface area (Å²) < 4.78 is 173. The van der Waals surface area contributed by atoms with Crippen LogP contribution in [0.25, 0.3) is 11.1 Å². The van der Waals surface area contributed by atoms with Crippen molar-refractivity contribution in [2.75, 3.05) is 0 Å². The molecule has 260 valence electrons. The van der Waals surface area contributed by atoms with Crippen LogP contribution in [0.5, 0.6) is 23.0 Å². The molecule has 9 rings (SSSR count). The van der Waals surface area contributed by atoms with Crippen LogP contribution in [-0.2, 0) is 0 Å². The first kappa shape index (κ1) is 19.2. The Balaban J connectivity index is 1.43. The van der Waals surface area contributed by atoms with Crippen molar-refractivity contribution in [3.8, 4) is 34.1 Å². The molecule has 2 heterocycles. The van der Waals surface area contributed by atoms with Crippen molar-refractivity contribution >= 4 is 65.7 Å². The van der Waals surface area contributed by atoms with E-state index < -0.39 is 63.8 Å². The van der Waals surface area contributed by atoms with E-state index in [-0.39, 0.29) is 66.0 Å². The van der Waals surface area contributed by atoms with Crippen molar-refractivity contribution < 1.29 is 34.1 Å². The van der Waals surface area contributed by atoms with Gasteiger partial charge in [0.05, 0.1) is 0 Å². The summed E-state index contributed by atoms with van der Waals surface area (Å²) in [7, 11) is -14.0. The van der Waals surface area contributed by atoms with Gasteiger partial charge in [-0.2, -0.15) is 0 Å². The second-order valence-electron chi connectivity index (χ2n) is 13.5. The minimum Gasteiger partial charge on any atom is -0.458 e. The molecule has 0 spiro atoms. The van der Waals surface area contributed by atoms with Crippen molar-refractivity contribution in [3.05, 3.63) is 169 Å². The van der Waals surface area contributed by atoms with Gasteiger partial charge in [-0.3, -0.25) is 0 Å². The number of hydrogen-bond donors (Lipinski definition) is 0. The minimum absolute atomic E-state index is 0.0505. The van der Waals surface area contributed by atoms with Gasteiger partial charge < -0.3 is 9.47 Å². The number of benzene rings is 7. The first-order chi connectivity index (χ1) is 33.0. The van der Waals surface area contributed by atoms with Crippen LogP contribution in [0.3, 0.4) is 0 Å². The molecule has 2 aliphatic heterocycles. The molecule has 0 fully saturated rings. The average Bonchev–Trinajstić information content (AvgIpc) is 3.28. The van der Waals surface area contributed by atoms with Gasteiger partial charge in [-0.1, -0.05) is 171 Å². The van der Waals surface area contributed by atoms with Crippen LogP contribution in [0, 0.1) is 13.7 Å². The number of aryl methyl sites for hydroxylation is 2. The van der Waals surface area contributed by atoms with E-state index in [1.165, 1.54) is 36.4 Å². The highest BCUT2D eigenvalue weighted by molar-refractivity contribution is 7.20. The number of hydrogen-bond acceptors (Lipinski definition) is 2. The van der Waals surface area contributed by atoms with Gasteiger partial charge in [0.15, 0.2) is 8.07 Å². The first-order valence-corrected chi connectivity index (χ1v) is 23.2. The lowest BCUT2D eigenvalue weighted by molar-refractivity contribution is 0.487. The summed E-state index contributed by atoms with van der Waals surface area (Å²) in [6.45, 7) is -18.1. The normalized spacial score (nSPS) is 21.3. The number of rotatable bonds is 5. The van der Waals surface area contributed by atoms with Crippen LogP contribution in [0.15, 0.2) is 158 Å². The van der Waals surface area contributed by atoms with Gasteiger partial charge in [0.1, 0.15) is 39.1 Å². The molecule has 0 radical (unpaired) electrons. The van der Waals surface area contributed by atoms with Gasteiger partial charge in [-0.15, -0.1) is 0 Å². The summed E-state index contributed by atoms with van der Waals surface area (Å²) in [6.07, 6.45) is 0. The van der Waals surface area contributed by atoms with E-state index >= 15 is 0 Å². The van der Waals surface area contributed by atoms with Crippen LogP contribution in [0.4, 0.5) is 0 Å². The molecule has 7 aromatic carbocycles. The van der Waals surface area contributed by atoms with Gasteiger partial charge in [-0.05, 0) is 84.0 Å². The van der Waals surface area contributed by atoms with Crippen LogP contribution in [0.1, 0.15) is 35.8 Å². The number of para-hydroxylation sites is 2. The molecule has 0 N–H and O–H groups in total. The Labute approximate surface area is 342 Å². The first-order valence-electron chi connectivity index (χ1n) is 26.2. The summed E-state index contributed by atoms with van der Waals surface area (Å²) in [5, 5.41) is 2.24. The van der Waals surface area contributed by atoms with E-state index in [4.69, 9.17) is 34.1 Å².